The molecule has 5 aliphatic rings. The number of hydrogen-bond acceptors (Lipinski definition) is 3. The van der Waals surface area contributed by atoms with Crippen LogP contribution in [0, 0.1) is 22.2 Å². The Morgan fingerprint density at radius 3 is 2.11 bits per heavy atom. The molecule has 28 heavy (non-hydrogen) atoms. The molecule has 2 atom stereocenters. The van der Waals surface area contributed by atoms with E-state index in [4.69, 9.17) is 5.11 Å². The summed E-state index contributed by atoms with van der Waals surface area (Å²) in [4.78, 5) is 16.2. The van der Waals surface area contributed by atoms with Gasteiger partial charge < -0.3 is 10.0 Å². The first-order chi connectivity index (χ1) is 13.3. The molecule has 1 heterocycles. The maximum Gasteiger partial charge on any atom is 0.335 e. The highest BCUT2D eigenvalue weighted by Gasteiger charge is 2.60. The summed E-state index contributed by atoms with van der Waals surface area (Å²) in [6.07, 6.45) is 8.77. The van der Waals surface area contributed by atoms with E-state index in [0.29, 0.717) is 21.8 Å². The molecule has 0 amide bonds. The number of carbonyl (C=O) groups is 1. The van der Waals surface area contributed by atoms with Crippen molar-refractivity contribution < 1.29 is 9.90 Å². The minimum Gasteiger partial charge on any atom is -0.478 e. The zero-order valence-electron chi connectivity index (χ0n) is 17.4. The maximum atomic E-state index is 11.1. The van der Waals surface area contributed by atoms with Crippen LogP contribution in [0.1, 0.15) is 62.7 Å². The van der Waals surface area contributed by atoms with Crippen molar-refractivity contribution in [2.45, 2.75) is 52.4 Å². The second-order valence-corrected chi connectivity index (χ2v) is 11.2. The van der Waals surface area contributed by atoms with E-state index in [0.717, 1.165) is 37.8 Å². The van der Waals surface area contributed by atoms with Crippen molar-refractivity contribution in [2.75, 3.05) is 37.6 Å². The van der Waals surface area contributed by atoms with Crippen molar-refractivity contribution in [3.05, 3.63) is 29.8 Å². The molecular formula is C24H34N2O2. The fourth-order valence-electron chi connectivity index (χ4n) is 8.31. The monoisotopic (exact) mass is 382 g/mol. The molecule has 1 aromatic carbocycles. The van der Waals surface area contributed by atoms with E-state index < -0.39 is 5.97 Å². The van der Waals surface area contributed by atoms with E-state index in [2.05, 4.69) is 23.6 Å². The van der Waals surface area contributed by atoms with E-state index in [9.17, 15) is 4.79 Å². The lowest BCUT2D eigenvalue weighted by Crippen LogP contribution is -2.59. The summed E-state index contributed by atoms with van der Waals surface area (Å²) in [6.45, 7) is 10.8. The summed E-state index contributed by atoms with van der Waals surface area (Å²) in [7, 11) is 0. The van der Waals surface area contributed by atoms with Crippen LogP contribution < -0.4 is 4.90 Å². The van der Waals surface area contributed by atoms with Crippen LogP contribution in [0.15, 0.2) is 24.3 Å². The average molecular weight is 383 g/mol. The molecule has 6 rings (SSSR count). The van der Waals surface area contributed by atoms with E-state index in [-0.39, 0.29) is 0 Å². The number of benzene rings is 1. The third-order valence-electron chi connectivity index (χ3n) is 8.15. The maximum absolute atomic E-state index is 11.1. The molecule has 152 valence electrons. The van der Waals surface area contributed by atoms with Gasteiger partial charge in [0.2, 0.25) is 0 Å². The normalized spacial score (nSPS) is 40.1. The largest absolute Gasteiger partial charge is 0.478 e. The number of piperazine rings is 1. The van der Waals surface area contributed by atoms with Crippen LogP contribution in [0.3, 0.4) is 0 Å². The topological polar surface area (TPSA) is 43.8 Å². The Kier molecular flexibility index (Phi) is 4.11. The van der Waals surface area contributed by atoms with Gasteiger partial charge in [0.15, 0.2) is 0 Å². The number of carboxylic acid groups (broad SMARTS) is 1. The first-order valence-electron chi connectivity index (χ1n) is 11.1. The van der Waals surface area contributed by atoms with Gasteiger partial charge in [0.25, 0.3) is 0 Å². The predicted octanol–water partition coefficient (Wildman–Crippen LogP) is 4.50. The standard InChI is InChI=1S/C24H34N2O2/c1-22-11-18-12-23(2,14-22)16-24(13-18,15-22)17-25-7-9-26(10-8-25)20-5-3-19(4-6-20)21(27)28/h3-6,18H,7-17H2,1-2H3,(H,27,28). The highest BCUT2D eigenvalue weighted by molar-refractivity contribution is 5.88. The summed E-state index contributed by atoms with van der Waals surface area (Å²) in [5.74, 6) is 0.120. The summed E-state index contributed by atoms with van der Waals surface area (Å²) in [6, 6.07) is 7.36. The fourth-order valence-corrected chi connectivity index (χ4v) is 8.31. The van der Waals surface area contributed by atoms with Crippen molar-refractivity contribution in [1.82, 2.24) is 4.90 Å². The highest BCUT2D eigenvalue weighted by Crippen LogP contribution is 2.69. The lowest BCUT2D eigenvalue weighted by molar-refractivity contribution is -0.153. The van der Waals surface area contributed by atoms with E-state index in [1.165, 1.54) is 45.1 Å². The molecule has 1 aliphatic heterocycles. The van der Waals surface area contributed by atoms with Crippen molar-refractivity contribution in [1.29, 1.82) is 0 Å². The summed E-state index contributed by atoms with van der Waals surface area (Å²) < 4.78 is 0. The van der Waals surface area contributed by atoms with Crippen LogP contribution in [0.2, 0.25) is 0 Å². The van der Waals surface area contributed by atoms with Gasteiger partial charge in [-0.3, -0.25) is 4.90 Å². The average Bonchev–Trinajstić information content (AvgIpc) is 2.59. The molecule has 4 aliphatic carbocycles. The van der Waals surface area contributed by atoms with Gasteiger partial charge in [-0.1, -0.05) is 13.8 Å². The smallest absolute Gasteiger partial charge is 0.335 e. The van der Waals surface area contributed by atoms with Gasteiger partial charge in [0, 0.05) is 38.4 Å². The van der Waals surface area contributed by atoms with Gasteiger partial charge >= 0.3 is 5.97 Å². The summed E-state index contributed by atoms with van der Waals surface area (Å²) in [5.41, 5.74) is 3.28. The Balaban J connectivity index is 1.23. The Bertz CT molecular complexity index is 747. The number of rotatable bonds is 4. The Morgan fingerprint density at radius 2 is 1.57 bits per heavy atom. The van der Waals surface area contributed by atoms with E-state index >= 15 is 0 Å². The van der Waals surface area contributed by atoms with Gasteiger partial charge in [-0.05, 0) is 85.0 Å². The molecule has 4 saturated carbocycles. The number of aromatic carboxylic acids is 1. The SMILES string of the molecule is CC12CC3CC(C)(C1)CC(CN1CCN(c4ccc(C(=O)O)cc4)CC1)(C3)C2. The lowest BCUT2D eigenvalue weighted by atomic mass is 9.40. The minimum absolute atomic E-state index is 0.367. The fraction of sp³-hybridized carbons (Fsp3) is 0.708. The first-order valence-corrected chi connectivity index (χ1v) is 11.1. The minimum atomic E-state index is -0.852. The van der Waals surface area contributed by atoms with Crippen molar-refractivity contribution in [2.24, 2.45) is 22.2 Å². The van der Waals surface area contributed by atoms with E-state index in [1.54, 1.807) is 12.1 Å². The molecule has 4 bridgehead atoms. The van der Waals surface area contributed by atoms with Crippen LogP contribution in [0.25, 0.3) is 0 Å². The van der Waals surface area contributed by atoms with Crippen LogP contribution in [-0.2, 0) is 0 Å². The van der Waals surface area contributed by atoms with E-state index in [1.807, 2.05) is 12.1 Å². The molecule has 0 radical (unpaired) electrons. The molecule has 1 saturated heterocycles. The number of hydrogen-bond donors (Lipinski definition) is 1. The second kappa shape index (κ2) is 6.22. The third kappa shape index (κ3) is 3.24. The zero-order chi connectivity index (χ0) is 19.6. The van der Waals surface area contributed by atoms with Gasteiger partial charge in [-0.15, -0.1) is 0 Å². The number of anilines is 1. The van der Waals surface area contributed by atoms with Crippen molar-refractivity contribution in [3.8, 4) is 0 Å². The van der Waals surface area contributed by atoms with Gasteiger partial charge in [0.05, 0.1) is 5.56 Å². The molecule has 1 aromatic rings. The summed E-state index contributed by atoms with van der Waals surface area (Å²) >= 11 is 0. The Labute approximate surface area is 168 Å². The van der Waals surface area contributed by atoms with Crippen LogP contribution >= 0.6 is 0 Å². The molecule has 1 N–H and O–H groups in total. The van der Waals surface area contributed by atoms with Crippen LogP contribution in [0.5, 0.6) is 0 Å². The molecule has 0 aromatic heterocycles. The molecule has 5 fully saturated rings. The van der Waals surface area contributed by atoms with Crippen molar-refractivity contribution in [3.63, 3.8) is 0 Å². The first kappa shape index (κ1) is 18.5. The van der Waals surface area contributed by atoms with Crippen molar-refractivity contribution >= 4 is 11.7 Å². The van der Waals surface area contributed by atoms with Gasteiger partial charge in [-0.25, -0.2) is 4.79 Å². The highest BCUT2D eigenvalue weighted by atomic mass is 16.4. The quantitative estimate of drug-likeness (QED) is 0.832. The Hall–Kier alpha value is -1.55. The molecule has 4 nitrogen and oxygen atoms in total. The lowest BCUT2D eigenvalue weighted by Gasteiger charge is -2.66. The van der Waals surface area contributed by atoms with Gasteiger partial charge in [-0.2, -0.15) is 0 Å². The predicted molar refractivity (Wildman–Crippen MR) is 112 cm³/mol. The second-order valence-electron chi connectivity index (χ2n) is 11.2. The van der Waals surface area contributed by atoms with Crippen LogP contribution in [0.4, 0.5) is 5.69 Å². The number of carboxylic acids is 1. The molecule has 0 spiro atoms. The molecule has 2 unspecified atom stereocenters. The number of nitrogens with zero attached hydrogens (tertiary/aromatic N) is 2. The molecular weight excluding hydrogens is 348 g/mol. The summed E-state index contributed by atoms with van der Waals surface area (Å²) in [5, 5.41) is 9.09. The van der Waals surface area contributed by atoms with Gasteiger partial charge in [0.1, 0.15) is 0 Å². The van der Waals surface area contributed by atoms with Crippen LogP contribution in [-0.4, -0.2) is 48.7 Å². The zero-order valence-corrected chi connectivity index (χ0v) is 17.4. The Morgan fingerprint density at radius 1 is 0.964 bits per heavy atom. The molecule has 4 heteroatoms. The third-order valence-corrected chi connectivity index (χ3v) is 8.15.